The molecule has 4 atom stereocenters. The fourth-order valence-corrected chi connectivity index (χ4v) is 2.82. The van der Waals surface area contributed by atoms with Crippen molar-refractivity contribution >= 4 is 11.9 Å². The minimum atomic E-state index is -1.67. The van der Waals surface area contributed by atoms with E-state index in [1.807, 2.05) is 0 Å². The van der Waals surface area contributed by atoms with E-state index in [0.717, 1.165) is 19.3 Å². The van der Waals surface area contributed by atoms with Gasteiger partial charge in [-0.2, -0.15) is 0 Å². The summed E-state index contributed by atoms with van der Waals surface area (Å²) in [7, 11) is 0. The molecular formula is C18H32O7. The predicted molar refractivity (Wildman–Crippen MR) is 90.7 cm³/mol. The van der Waals surface area contributed by atoms with E-state index in [2.05, 4.69) is 11.7 Å². The van der Waals surface area contributed by atoms with E-state index < -0.39 is 36.4 Å². The van der Waals surface area contributed by atoms with Crippen molar-refractivity contribution in [2.75, 3.05) is 6.61 Å². The van der Waals surface area contributed by atoms with Gasteiger partial charge in [-0.05, 0) is 6.42 Å². The van der Waals surface area contributed by atoms with Crippen LogP contribution in [0.2, 0.25) is 0 Å². The van der Waals surface area contributed by atoms with E-state index in [-0.39, 0.29) is 13.0 Å². The van der Waals surface area contributed by atoms with Gasteiger partial charge in [0.25, 0.3) is 0 Å². The highest BCUT2D eigenvalue weighted by atomic mass is 16.6. The van der Waals surface area contributed by atoms with E-state index in [1.165, 1.54) is 38.5 Å². The molecule has 7 heteroatoms. The third-order valence-electron chi connectivity index (χ3n) is 4.43. The van der Waals surface area contributed by atoms with Crippen LogP contribution in [0.1, 0.15) is 71.1 Å². The lowest BCUT2D eigenvalue weighted by molar-refractivity contribution is -0.156. The van der Waals surface area contributed by atoms with Gasteiger partial charge in [-0.1, -0.05) is 58.3 Å². The van der Waals surface area contributed by atoms with Crippen molar-refractivity contribution in [2.24, 2.45) is 0 Å². The van der Waals surface area contributed by atoms with Gasteiger partial charge in [0.05, 0.1) is 0 Å². The Labute approximate surface area is 149 Å². The van der Waals surface area contributed by atoms with Crippen molar-refractivity contribution < 1.29 is 34.4 Å². The first-order valence-electron chi connectivity index (χ1n) is 9.37. The smallest absolute Gasteiger partial charge is 0.338 e. The summed E-state index contributed by atoms with van der Waals surface area (Å²) in [5, 5.41) is 28.6. The number of carbonyl (C=O) groups is 2. The number of cyclic esters (lactones) is 1. The second kappa shape index (κ2) is 12.2. The van der Waals surface area contributed by atoms with Gasteiger partial charge < -0.3 is 24.8 Å². The highest BCUT2D eigenvalue weighted by molar-refractivity contribution is 5.77. The van der Waals surface area contributed by atoms with Crippen molar-refractivity contribution in [1.29, 1.82) is 0 Å². The fraction of sp³-hybridized carbons (Fsp3) is 0.889. The largest absolute Gasteiger partial charge is 0.463 e. The maximum absolute atomic E-state index is 11.6. The van der Waals surface area contributed by atoms with Gasteiger partial charge in [-0.25, -0.2) is 4.79 Å². The number of aliphatic hydroxyl groups excluding tert-OH is 3. The van der Waals surface area contributed by atoms with Gasteiger partial charge in [0.1, 0.15) is 18.8 Å². The molecule has 0 amide bonds. The summed E-state index contributed by atoms with van der Waals surface area (Å²) in [4.78, 5) is 22.7. The average molecular weight is 360 g/mol. The molecule has 25 heavy (non-hydrogen) atoms. The molecule has 1 rings (SSSR count). The van der Waals surface area contributed by atoms with Crippen LogP contribution in [0.25, 0.3) is 0 Å². The molecule has 146 valence electrons. The van der Waals surface area contributed by atoms with E-state index in [0.29, 0.717) is 0 Å². The summed E-state index contributed by atoms with van der Waals surface area (Å²) in [6.07, 6.45) is 4.82. The summed E-state index contributed by atoms with van der Waals surface area (Å²) in [6.45, 7) is 1.82. The summed E-state index contributed by atoms with van der Waals surface area (Å²) >= 11 is 0. The maximum atomic E-state index is 11.6. The predicted octanol–water partition coefficient (Wildman–Crippen LogP) is 1.46. The molecule has 0 radical (unpaired) electrons. The third-order valence-corrected chi connectivity index (χ3v) is 4.43. The van der Waals surface area contributed by atoms with E-state index >= 15 is 0 Å². The molecule has 3 N–H and O–H groups in total. The quantitative estimate of drug-likeness (QED) is 0.336. The van der Waals surface area contributed by atoms with Crippen LogP contribution >= 0.6 is 0 Å². The summed E-state index contributed by atoms with van der Waals surface area (Å²) in [6, 6.07) is 0. The fourth-order valence-electron chi connectivity index (χ4n) is 2.82. The van der Waals surface area contributed by atoms with Gasteiger partial charge in [0, 0.05) is 6.42 Å². The Morgan fingerprint density at radius 2 is 1.64 bits per heavy atom. The minimum Gasteiger partial charge on any atom is -0.463 e. The lowest BCUT2D eigenvalue weighted by Gasteiger charge is -2.19. The molecule has 0 spiro atoms. The topological polar surface area (TPSA) is 113 Å². The zero-order valence-electron chi connectivity index (χ0n) is 15.1. The third kappa shape index (κ3) is 8.16. The van der Waals surface area contributed by atoms with Crippen LogP contribution in [0.4, 0.5) is 0 Å². The standard InChI is InChI=1S/C18H32O7/c1-2-3-4-5-6-7-8-9-10-11-14(20)24-12-13(19)17-15(21)16(22)18(23)25-17/h13,15-17,19,21-22H,2-12H2,1H3/t13-,15-,16-,17-/m1/s1. The van der Waals surface area contributed by atoms with Crippen LogP contribution < -0.4 is 0 Å². The van der Waals surface area contributed by atoms with E-state index in [9.17, 15) is 24.9 Å². The Bertz CT molecular complexity index is 399. The Morgan fingerprint density at radius 3 is 2.16 bits per heavy atom. The first kappa shape index (κ1) is 21.9. The zero-order chi connectivity index (χ0) is 18.7. The van der Waals surface area contributed by atoms with Crippen molar-refractivity contribution in [3.05, 3.63) is 0 Å². The lowest BCUT2D eigenvalue weighted by Crippen LogP contribution is -2.41. The van der Waals surface area contributed by atoms with Gasteiger partial charge in [-0.15, -0.1) is 0 Å². The Kier molecular flexibility index (Phi) is 10.7. The van der Waals surface area contributed by atoms with Crippen LogP contribution in [-0.2, 0) is 19.1 Å². The number of rotatable bonds is 13. The summed E-state index contributed by atoms with van der Waals surface area (Å²) in [5.74, 6) is -1.42. The Morgan fingerprint density at radius 1 is 1.08 bits per heavy atom. The molecule has 1 aliphatic heterocycles. The molecular weight excluding hydrogens is 328 g/mol. The van der Waals surface area contributed by atoms with Crippen LogP contribution in [0.5, 0.6) is 0 Å². The van der Waals surface area contributed by atoms with Gasteiger partial charge in [0.15, 0.2) is 12.2 Å². The molecule has 1 fully saturated rings. The lowest BCUT2D eigenvalue weighted by atomic mass is 10.1. The maximum Gasteiger partial charge on any atom is 0.338 e. The molecule has 1 heterocycles. The molecule has 0 aromatic heterocycles. The second-order valence-electron chi connectivity index (χ2n) is 6.67. The highest BCUT2D eigenvalue weighted by Crippen LogP contribution is 2.19. The molecule has 0 bridgehead atoms. The Balaban J connectivity index is 2.03. The number of esters is 2. The number of ether oxygens (including phenoxy) is 2. The highest BCUT2D eigenvalue weighted by Gasteiger charge is 2.46. The molecule has 1 aliphatic rings. The first-order valence-corrected chi connectivity index (χ1v) is 9.37. The normalized spacial score (nSPS) is 24.2. The summed E-state index contributed by atoms with van der Waals surface area (Å²) < 4.78 is 9.59. The SMILES string of the molecule is CCCCCCCCCCCC(=O)OC[C@@H](O)[C@H]1OC(=O)[C@H](O)[C@H]1O. The number of aliphatic hydroxyl groups is 3. The number of carbonyl (C=O) groups excluding carboxylic acids is 2. The zero-order valence-corrected chi connectivity index (χ0v) is 15.1. The number of hydrogen-bond acceptors (Lipinski definition) is 7. The molecule has 0 aliphatic carbocycles. The molecule has 0 aromatic carbocycles. The van der Waals surface area contributed by atoms with E-state index in [1.54, 1.807) is 0 Å². The molecule has 0 aromatic rings. The second-order valence-corrected chi connectivity index (χ2v) is 6.67. The Hall–Kier alpha value is -1.18. The van der Waals surface area contributed by atoms with Crippen molar-refractivity contribution in [2.45, 2.75) is 95.5 Å². The van der Waals surface area contributed by atoms with Crippen LogP contribution in [0.3, 0.4) is 0 Å². The number of hydrogen-bond donors (Lipinski definition) is 3. The molecule has 0 saturated carbocycles. The van der Waals surface area contributed by atoms with Crippen molar-refractivity contribution in [3.63, 3.8) is 0 Å². The minimum absolute atomic E-state index is 0.276. The van der Waals surface area contributed by atoms with Crippen LogP contribution in [-0.4, -0.2) is 58.3 Å². The van der Waals surface area contributed by atoms with Gasteiger partial charge in [-0.3, -0.25) is 4.79 Å². The molecule has 0 unspecified atom stereocenters. The monoisotopic (exact) mass is 360 g/mol. The average Bonchev–Trinajstić information content (AvgIpc) is 2.85. The number of unbranched alkanes of at least 4 members (excludes halogenated alkanes) is 8. The van der Waals surface area contributed by atoms with Crippen molar-refractivity contribution in [1.82, 2.24) is 0 Å². The molecule has 1 saturated heterocycles. The van der Waals surface area contributed by atoms with E-state index in [4.69, 9.17) is 4.74 Å². The van der Waals surface area contributed by atoms with Crippen LogP contribution in [0, 0.1) is 0 Å². The first-order chi connectivity index (χ1) is 12.0. The van der Waals surface area contributed by atoms with Crippen LogP contribution in [0.15, 0.2) is 0 Å². The van der Waals surface area contributed by atoms with Gasteiger partial charge in [0.2, 0.25) is 0 Å². The van der Waals surface area contributed by atoms with Crippen molar-refractivity contribution in [3.8, 4) is 0 Å². The summed E-state index contributed by atoms with van der Waals surface area (Å²) in [5.41, 5.74) is 0. The van der Waals surface area contributed by atoms with Gasteiger partial charge >= 0.3 is 11.9 Å². The molecule has 7 nitrogen and oxygen atoms in total.